The molecule has 0 atom stereocenters. The number of hydrogen-bond donors (Lipinski definition) is 4. The van der Waals surface area contributed by atoms with E-state index in [1.54, 1.807) is 32.0 Å². The fraction of sp³-hybridized carbons (Fsp3) is 0.292. The number of carbonyl (C=O) groups is 1. The Morgan fingerprint density at radius 1 is 1.08 bits per heavy atom. The molecule has 12 heteroatoms. The maximum atomic E-state index is 13.4. The topological polar surface area (TPSA) is 134 Å². The number of carbonyl (C=O) groups excluding carboxylic acids is 1. The monoisotopic (exact) mass is 514 g/mol. The maximum Gasteiger partial charge on any atom is 0.278 e. The van der Waals surface area contributed by atoms with Gasteiger partial charge in [0.05, 0.1) is 46.9 Å². The van der Waals surface area contributed by atoms with Crippen LogP contribution in [-0.2, 0) is 14.9 Å². The molecule has 0 unspecified atom stereocenters. The summed E-state index contributed by atoms with van der Waals surface area (Å²) in [7, 11) is -3.56. The van der Waals surface area contributed by atoms with Crippen molar-refractivity contribution < 1.29 is 22.4 Å². The number of sulfonamides is 1. The van der Waals surface area contributed by atoms with Crippen LogP contribution in [0.4, 0.5) is 33.0 Å². The third-order valence-corrected chi connectivity index (χ3v) is 6.02. The highest BCUT2D eigenvalue weighted by Crippen LogP contribution is 2.42. The van der Waals surface area contributed by atoms with Gasteiger partial charge in [-0.15, -0.1) is 0 Å². The summed E-state index contributed by atoms with van der Waals surface area (Å²) in [4.78, 5) is 25.9. The van der Waals surface area contributed by atoms with Crippen molar-refractivity contribution in [2.45, 2.75) is 32.6 Å². The Morgan fingerprint density at radius 2 is 1.83 bits per heavy atom. The summed E-state index contributed by atoms with van der Waals surface area (Å²) >= 11 is 0. The number of amides is 1. The highest BCUT2D eigenvalue weighted by Gasteiger charge is 2.25. The van der Waals surface area contributed by atoms with Crippen LogP contribution in [0.15, 0.2) is 42.6 Å². The first-order valence-corrected chi connectivity index (χ1v) is 13.2. The minimum Gasteiger partial charge on any atom is -0.353 e. The normalized spacial score (nSPS) is 13.2. The summed E-state index contributed by atoms with van der Waals surface area (Å²) in [6.45, 7) is 3.65. The molecule has 2 heterocycles. The molecule has 0 radical (unpaired) electrons. The van der Waals surface area contributed by atoms with Gasteiger partial charge in [-0.05, 0) is 62.4 Å². The van der Waals surface area contributed by atoms with Gasteiger partial charge < -0.3 is 10.6 Å². The molecule has 1 aliphatic carbocycles. The number of benzene rings is 1. The summed E-state index contributed by atoms with van der Waals surface area (Å²) in [5.41, 5.74) is 5.67. The van der Waals surface area contributed by atoms with Crippen LogP contribution in [0, 0.1) is 12.9 Å². The first-order valence-electron chi connectivity index (χ1n) is 11.3. The van der Waals surface area contributed by atoms with Gasteiger partial charge in [0.15, 0.2) is 0 Å². The number of hydroxylamine groups is 1. The fourth-order valence-corrected chi connectivity index (χ4v) is 4.14. The molecule has 10 nitrogen and oxygen atoms in total. The van der Waals surface area contributed by atoms with Gasteiger partial charge in [0, 0.05) is 12.3 Å². The van der Waals surface area contributed by atoms with Crippen LogP contribution in [0.1, 0.15) is 47.3 Å². The van der Waals surface area contributed by atoms with Crippen LogP contribution in [0.25, 0.3) is 0 Å². The molecule has 36 heavy (non-hydrogen) atoms. The van der Waals surface area contributed by atoms with E-state index < -0.39 is 21.9 Å². The molecule has 190 valence electrons. The number of aromatic nitrogens is 2. The maximum absolute atomic E-state index is 13.4. The van der Waals surface area contributed by atoms with Crippen molar-refractivity contribution >= 4 is 44.5 Å². The largest absolute Gasteiger partial charge is 0.353 e. The number of nitrogens with zero attached hydrogens (tertiary/aromatic N) is 2. The van der Waals surface area contributed by atoms with Crippen molar-refractivity contribution in [1.29, 1.82) is 0 Å². The van der Waals surface area contributed by atoms with Crippen molar-refractivity contribution in [2.24, 2.45) is 0 Å². The predicted molar refractivity (Wildman–Crippen MR) is 136 cm³/mol. The molecule has 1 amide bonds. The molecule has 0 spiro atoms. The minimum atomic E-state index is -3.56. The number of halogens is 1. The summed E-state index contributed by atoms with van der Waals surface area (Å²) in [6.07, 6.45) is 4.55. The Balaban J connectivity index is 1.72. The van der Waals surface area contributed by atoms with Crippen LogP contribution in [-0.4, -0.2) is 37.2 Å². The quantitative estimate of drug-likeness (QED) is 0.232. The van der Waals surface area contributed by atoms with Gasteiger partial charge in [0.1, 0.15) is 5.82 Å². The second-order valence-electron chi connectivity index (χ2n) is 8.45. The molecule has 0 aliphatic heterocycles. The Bertz CT molecular complexity index is 1400. The summed E-state index contributed by atoms with van der Waals surface area (Å²) in [5.74, 6) is -0.368. The highest BCUT2D eigenvalue weighted by molar-refractivity contribution is 7.92. The van der Waals surface area contributed by atoms with Crippen LogP contribution in [0.3, 0.4) is 0 Å². The van der Waals surface area contributed by atoms with E-state index in [1.807, 2.05) is 6.07 Å². The van der Waals surface area contributed by atoms with Gasteiger partial charge in [-0.3, -0.25) is 14.4 Å². The Morgan fingerprint density at radius 3 is 2.50 bits per heavy atom. The minimum absolute atomic E-state index is 0.166. The summed E-state index contributed by atoms with van der Waals surface area (Å²) < 4.78 is 40.0. The summed E-state index contributed by atoms with van der Waals surface area (Å²) in [5, 5.41) is 6.22. The van der Waals surface area contributed by atoms with Crippen molar-refractivity contribution in [3.8, 4) is 0 Å². The van der Waals surface area contributed by atoms with E-state index in [-0.39, 0.29) is 12.2 Å². The van der Waals surface area contributed by atoms with Gasteiger partial charge in [0.2, 0.25) is 16.0 Å². The lowest BCUT2D eigenvalue weighted by molar-refractivity contribution is 0.0365. The highest BCUT2D eigenvalue weighted by atomic mass is 32.2. The van der Waals surface area contributed by atoms with E-state index in [4.69, 9.17) is 4.84 Å². The predicted octanol–water partition coefficient (Wildman–Crippen LogP) is 4.34. The molecule has 4 N–H and O–H groups in total. The third kappa shape index (κ3) is 6.46. The van der Waals surface area contributed by atoms with Crippen LogP contribution in [0.2, 0.25) is 0 Å². The fourth-order valence-electron chi connectivity index (χ4n) is 3.57. The van der Waals surface area contributed by atoms with Crippen molar-refractivity contribution in [1.82, 2.24) is 15.4 Å². The average Bonchev–Trinajstić information content (AvgIpc) is 3.65. The molecule has 4 rings (SSSR count). The number of hydrogen-bond acceptors (Lipinski definition) is 8. The summed E-state index contributed by atoms with van der Waals surface area (Å²) in [6, 6.07) is 9.85. The van der Waals surface area contributed by atoms with Crippen LogP contribution in [0.5, 0.6) is 0 Å². The lowest BCUT2D eigenvalue weighted by Gasteiger charge is -2.18. The van der Waals surface area contributed by atoms with E-state index in [2.05, 4.69) is 30.8 Å². The number of rotatable bonds is 10. The zero-order valence-electron chi connectivity index (χ0n) is 20.1. The second-order valence-corrected chi connectivity index (χ2v) is 10.2. The number of nitrogens with one attached hydrogen (secondary N) is 4. The van der Waals surface area contributed by atoms with Gasteiger partial charge in [0.25, 0.3) is 5.91 Å². The molecule has 3 aromatic rings. The van der Waals surface area contributed by atoms with E-state index >= 15 is 0 Å². The molecular weight excluding hydrogens is 487 g/mol. The smallest absolute Gasteiger partial charge is 0.278 e. The van der Waals surface area contributed by atoms with E-state index in [1.165, 1.54) is 18.3 Å². The Kier molecular flexibility index (Phi) is 7.36. The molecule has 1 aromatic carbocycles. The van der Waals surface area contributed by atoms with Gasteiger partial charge in [-0.25, -0.2) is 23.9 Å². The number of pyridine rings is 2. The molecule has 0 saturated heterocycles. The first-order chi connectivity index (χ1) is 17.1. The molecule has 0 bridgehead atoms. The van der Waals surface area contributed by atoms with E-state index in [0.717, 1.165) is 24.7 Å². The number of aryl methyl sites for hydroxylation is 1. The van der Waals surface area contributed by atoms with E-state index in [0.29, 0.717) is 40.2 Å². The average molecular weight is 515 g/mol. The zero-order valence-corrected chi connectivity index (χ0v) is 20.9. The van der Waals surface area contributed by atoms with Gasteiger partial charge >= 0.3 is 0 Å². The SMILES string of the molecule is CCONC(=O)c1cnc(Nc2ccc(F)nc2C)cc1Nc1ccc(C2CC2)cc1NS(C)(=O)=O. The van der Waals surface area contributed by atoms with Crippen molar-refractivity contribution in [2.75, 3.05) is 28.2 Å². The lowest BCUT2D eigenvalue weighted by Crippen LogP contribution is -2.24. The van der Waals surface area contributed by atoms with Gasteiger partial charge in [-0.2, -0.15) is 4.39 Å². The van der Waals surface area contributed by atoms with Crippen molar-refractivity contribution in [3.63, 3.8) is 0 Å². The van der Waals surface area contributed by atoms with E-state index in [9.17, 15) is 17.6 Å². The first kappa shape index (κ1) is 25.3. The van der Waals surface area contributed by atoms with Crippen molar-refractivity contribution in [3.05, 3.63) is 65.4 Å². The molecule has 1 saturated carbocycles. The zero-order chi connectivity index (χ0) is 25.9. The Labute approximate surface area is 208 Å². The van der Waals surface area contributed by atoms with Crippen LogP contribution >= 0.6 is 0 Å². The third-order valence-electron chi connectivity index (χ3n) is 5.43. The van der Waals surface area contributed by atoms with Gasteiger partial charge in [-0.1, -0.05) is 6.07 Å². The lowest BCUT2D eigenvalue weighted by atomic mass is 10.1. The second kappa shape index (κ2) is 10.5. The molecule has 1 aliphatic rings. The molecule has 2 aromatic heterocycles. The van der Waals surface area contributed by atoms with Crippen LogP contribution < -0.4 is 20.8 Å². The number of anilines is 5. The molecule has 1 fully saturated rings. The Hall–Kier alpha value is -3.77. The molecular formula is C24H27FN6O4S. The standard InChI is InChI=1S/C24H27FN6O4S/c1-4-35-30-24(32)17-13-26-23(29-18-9-10-22(25)27-14(18)2)12-20(17)28-19-8-7-16(15-5-6-15)11-21(19)31-36(3,33)34/h7-13,15,31H,4-6H2,1-3H3,(H,30,32)(H2,26,28,29).